The molecule has 0 bridgehead atoms. The zero-order valence-corrected chi connectivity index (χ0v) is 13.2. The third-order valence-electron chi connectivity index (χ3n) is 3.92. The highest BCUT2D eigenvalue weighted by Gasteiger charge is 2.35. The molecule has 0 aromatic rings. The van der Waals surface area contributed by atoms with E-state index in [1.54, 1.807) is 7.11 Å². The molecule has 3 atom stereocenters. The van der Waals surface area contributed by atoms with E-state index in [0.29, 0.717) is 6.61 Å². The van der Waals surface area contributed by atoms with Gasteiger partial charge in [0.2, 0.25) is 0 Å². The zero-order chi connectivity index (χ0) is 15.0. The third-order valence-corrected chi connectivity index (χ3v) is 3.92. The van der Waals surface area contributed by atoms with Crippen LogP contribution in [0.25, 0.3) is 0 Å². The standard InChI is InChI=1S/C15H29NO4/c1-5-9-16-15(2,14(17)19-4)11-20-13-8-6-7-12(10-13)18-3/h12-13,16H,5-11H2,1-4H3. The first-order valence-electron chi connectivity index (χ1n) is 7.53. The molecule has 0 heterocycles. The summed E-state index contributed by atoms with van der Waals surface area (Å²) >= 11 is 0. The van der Waals surface area contributed by atoms with E-state index in [0.717, 1.165) is 38.6 Å². The Hall–Kier alpha value is -0.650. The molecule has 1 fully saturated rings. The van der Waals surface area contributed by atoms with Crippen molar-refractivity contribution in [3.05, 3.63) is 0 Å². The molecule has 1 aliphatic rings. The molecule has 0 aromatic heterocycles. The molecule has 0 spiro atoms. The summed E-state index contributed by atoms with van der Waals surface area (Å²) in [5.41, 5.74) is -0.773. The molecule has 118 valence electrons. The Morgan fingerprint density at radius 3 is 2.60 bits per heavy atom. The van der Waals surface area contributed by atoms with Crippen LogP contribution in [0.1, 0.15) is 46.0 Å². The summed E-state index contributed by atoms with van der Waals surface area (Å²) in [4.78, 5) is 11.9. The lowest BCUT2D eigenvalue weighted by Gasteiger charge is -2.33. The van der Waals surface area contributed by atoms with Gasteiger partial charge < -0.3 is 19.5 Å². The molecule has 20 heavy (non-hydrogen) atoms. The van der Waals surface area contributed by atoms with Crippen LogP contribution >= 0.6 is 0 Å². The number of hydrogen-bond acceptors (Lipinski definition) is 5. The van der Waals surface area contributed by atoms with E-state index in [1.807, 2.05) is 6.92 Å². The number of rotatable bonds is 8. The maximum absolute atomic E-state index is 11.9. The SMILES string of the molecule is CCCNC(C)(COC1CCCC(OC)C1)C(=O)OC. The van der Waals surface area contributed by atoms with Crippen molar-refractivity contribution in [1.29, 1.82) is 0 Å². The van der Waals surface area contributed by atoms with Gasteiger partial charge in [0.25, 0.3) is 0 Å². The van der Waals surface area contributed by atoms with Crippen molar-refractivity contribution < 1.29 is 19.0 Å². The van der Waals surface area contributed by atoms with Gasteiger partial charge in [-0.1, -0.05) is 6.92 Å². The highest BCUT2D eigenvalue weighted by Crippen LogP contribution is 2.24. The van der Waals surface area contributed by atoms with E-state index in [-0.39, 0.29) is 18.2 Å². The Morgan fingerprint density at radius 1 is 1.30 bits per heavy atom. The molecule has 0 radical (unpaired) electrons. The number of carbonyl (C=O) groups is 1. The fraction of sp³-hybridized carbons (Fsp3) is 0.933. The van der Waals surface area contributed by atoms with E-state index in [2.05, 4.69) is 12.2 Å². The lowest BCUT2D eigenvalue weighted by molar-refractivity contribution is -0.152. The molecular weight excluding hydrogens is 258 g/mol. The smallest absolute Gasteiger partial charge is 0.328 e. The predicted octanol–water partition coefficient (Wildman–Crippen LogP) is 1.89. The van der Waals surface area contributed by atoms with Crippen LogP contribution in [0, 0.1) is 0 Å². The van der Waals surface area contributed by atoms with Crippen molar-refractivity contribution >= 4 is 5.97 Å². The Kier molecular flexibility index (Phi) is 7.48. The fourth-order valence-corrected chi connectivity index (χ4v) is 2.56. The van der Waals surface area contributed by atoms with Gasteiger partial charge in [-0.15, -0.1) is 0 Å². The van der Waals surface area contributed by atoms with Crippen LogP contribution in [0.2, 0.25) is 0 Å². The molecule has 1 rings (SSSR count). The molecule has 0 saturated heterocycles. The van der Waals surface area contributed by atoms with Crippen molar-refractivity contribution in [3.8, 4) is 0 Å². The van der Waals surface area contributed by atoms with Crippen molar-refractivity contribution in [3.63, 3.8) is 0 Å². The van der Waals surface area contributed by atoms with Crippen molar-refractivity contribution in [1.82, 2.24) is 5.32 Å². The Balaban J connectivity index is 2.50. The summed E-state index contributed by atoms with van der Waals surface area (Å²) in [6.07, 6.45) is 5.55. The average Bonchev–Trinajstić information content (AvgIpc) is 2.50. The van der Waals surface area contributed by atoms with Gasteiger partial charge in [0.15, 0.2) is 0 Å². The molecule has 5 nitrogen and oxygen atoms in total. The normalized spacial score (nSPS) is 26.0. The summed E-state index contributed by atoms with van der Waals surface area (Å²) in [6.45, 7) is 5.00. The minimum absolute atomic E-state index is 0.168. The molecule has 0 aromatic carbocycles. The largest absolute Gasteiger partial charge is 0.468 e. The highest BCUT2D eigenvalue weighted by atomic mass is 16.5. The van der Waals surface area contributed by atoms with Crippen LogP contribution in [0.15, 0.2) is 0 Å². The molecular formula is C15H29NO4. The summed E-state index contributed by atoms with van der Waals surface area (Å²) < 4.78 is 16.2. The summed E-state index contributed by atoms with van der Waals surface area (Å²) in [7, 11) is 3.16. The number of esters is 1. The van der Waals surface area contributed by atoms with Crippen LogP contribution in [0.3, 0.4) is 0 Å². The molecule has 1 aliphatic carbocycles. The van der Waals surface area contributed by atoms with Gasteiger partial charge in [-0.3, -0.25) is 0 Å². The maximum Gasteiger partial charge on any atom is 0.328 e. The van der Waals surface area contributed by atoms with Crippen LogP contribution < -0.4 is 5.32 Å². The van der Waals surface area contributed by atoms with Gasteiger partial charge in [0, 0.05) is 7.11 Å². The molecule has 1 N–H and O–H groups in total. The first kappa shape index (κ1) is 17.4. The average molecular weight is 287 g/mol. The maximum atomic E-state index is 11.9. The van der Waals surface area contributed by atoms with E-state index < -0.39 is 5.54 Å². The first-order valence-corrected chi connectivity index (χ1v) is 7.53. The number of nitrogens with one attached hydrogen (secondary N) is 1. The Bertz CT molecular complexity index is 298. The van der Waals surface area contributed by atoms with Crippen molar-refractivity contribution in [2.24, 2.45) is 0 Å². The first-order chi connectivity index (χ1) is 9.55. The number of methoxy groups -OCH3 is 2. The number of hydrogen-bond donors (Lipinski definition) is 1. The molecule has 0 aliphatic heterocycles. The van der Waals surface area contributed by atoms with Gasteiger partial charge in [-0.25, -0.2) is 4.79 Å². The van der Waals surface area contributed by atoms with E-state index in [1.165, 1.54) is 7.11 Å². The molecule has 0 amide bonds. The summed E-state index contributed by atoms with van der Waals surface area (Å²) in [5, 5.41) is 3.23. The van der Waals surface area contributed by atoms with E-state index in [9.17, 15) is 4.79 Å². The number of carbonyl (C=O) groups excluding carboxylic acids is 1. The second kappa shape index (κ2) is 8.60. The highest BCUT2D eigenvalue weighted by molar-refractivity contribution is 5.80. The van der Waals surface area contributed by atoms with Gasteiger partial charge in [-0.2, -0.15) is 0 Å². The van der Waals surface area contributed by atoms with Crippen molar-refractivity contribution in [2.75, 3.05) is 27.4 Å². The van der Waals surface area contributed by atoms with Crippen LogP contribution in [0.5, 0.6) is 0 Å². The van der Waals surface area contributed by atoms with Gasteiger partial charge in [0.05, 0.1) is 25.9 Å². The van der Waals surface area contributed by atoms with Gasteiger partial charge in [-0.05, 0) is 45.6 Å². The second-order valence-corrected chi connectivity index (χ2v) is 5.71. The minimum Gasteiger partial charge on any atom is -0.468 e. The lowest BCUT2D eigenvalue weighted by Crippen LogP contribution is -2.54. The Morgan fingerprint density at radius 2 is 2.00 bits per heavy atom. The topological polar surface area (TPSA) is 56.8 Å². The molecule has 3 unspecified atom stereocenters. The third kappa shape index (κ3) is 5.04. The lowest BCUT2D eigenvalue weighted by atomic mass is 9.94. The number of ether oxygens (including phenoxy) is 3. The fourth-order valence-electron chi connectivity index (χ4n) is 2.56. The van der Waals surface area contributed by atoms with Crippen molar-refractivity contribution in [2.45, 2.75) is 63.7 Å². The molecule has 5 heteroatoms. The second-order valence-electron chi connectivity index (χ2n) is 5.71. The van der Waals surface area contributed by atoms with Gasteiger partial charge >= 0.3 is 5.97 Å². The molecule has 1 saturated carbocycles. The van der Waals surface area contributed by atoms with Crippen LogP contribution in [-0.2, 0) is 19.0 Å². The van der Waals surface area contributed by atoms with E-state index in [4.69, 9.17) is 14.2 Å². The predicted molar refractivity (Wildman–Crippen MR) is 77.7 cm³/mol. The summed E-state index contributed by atoms with van der Waals surface area (Å²) in [6, 6.07) is 0. The quantitative estimate of drug-likeness (QED) is 0.691. The van der Waals surface area contributed by atoms with E-state index >= 15 is 0 Å². The summed E-state index contributed by atoms with van der Waals surface area (Å²) in [5.74, 6) is -0.273. The van der Waals surface area contributed by atoms with Gasteiger partial charge in [0.1, 0.15) is 5.54 Å². The minimum atomic E-state index is -0.773. The zero-order valence-electron chi connectivity index (χ0n) is 13.2. The van der Waals surface area contributed by atoms with Crippen LogP contribution in [-0.4, -0.2) is 51.1 Å². The Labute approximate surface area is 122 Å². The van der Waals surface area contributed by atoms with Crippen LogP contribution in [0.4, 0.5) is 0 Å². The monoisotopic (exact) mass is 287 g/mol.